The largest absolute Gasteiger partial charge is 0.491 e. The van der Waals surface area contributed by atoms with Crippen LogP contribution in [0, 0.1) is 6.92 Å². The number of nitrogens with one attached hydrogen (secondary N) is 2. The van der Waals surface area contributed by atoms with Crippen molar-refractivity contribution >= 4 is 23.2 Å². The number of hydrogen-bond donors (Lipinski definition) is 3. The number of hydrazine groups is 1. The summed E-state index contributed by atoms with van der Waals surface area (Å²) in [6.45, 7) is 3.00. The van der Waals surface area contributed by atoms with Crippen molar-refractivity contribution in [2.45, 2.75) is 6.92 Å². The van der Waals surface area contributed by atoms with Crippen LogP contribution < -0.4 is 21.3 Å². The molecule has 0 saturated carbocycles. The number of rotatable bonds is 6. The van der Waals surface area contributed by atoms with E-state index in [4.69, 9.17) is 22.2 Å². The zero-order valence-electron chi connectivity index (χ0n) is 12.2. The van der Waals surface area contributed by atoms with E-state index >= 15 is 0 Å². The van der Waals surface area contributed by atoms with Gasteiger partial charge in [-0.25, -0.2) is 5.84 Å². The highest BCUT2D eigenvalue weighted by molar-refractivity contribution is 6.31. The molecule has 0 fully saturated rings. The van der Waals surface area contributed by atoms with Gasteiger partial charge in [0.1, 0.15) is 12.4 Å². The Balaban J connectivity index is 1.95. The Hall–Kier alpha value is -2.24. The topological polar surface area (TPSA) is 76.4 Å². The van der Waals surface area contributed by atoms with Crippen molar-refractivity contribution in [3.63, 3.8) is 0 Å². The highest BCUT2D eigenvalue weighted by Gasteiger charge is 2.10. The number of hydrogen-bond acceptors (Lipinski definition) is 4. The van der Waals surface area contributed by atoms with Crippen molar-refractivity contribution in [3.05, 3.63) is 58.6 Å². The first-order chi connectivity index (χ1) is 10.6. The third-order valence-corrected chi connectivity index (χ3v) is 3.36. The van der Waals surface area contributed by atoms with Gasteiger partial charge in [-0.1, -0.05) is 29.8 Å². The van der Waals surface area contributed by atoms with Crippen LogP contribution in [0.1, 0.15) is 15.9 Å². The maximum Gasteiger partial charge on any atom is 0.267 e. The van der Waals surface area contributed by atoms with Crippen LogP contribution in [-0.2, 0) is 0 Å². The fourth-order valence-electron chi connectivity index (χ4n) is 2.00. The molecule has 2 aromatic carbocycles. The van der Waals surface area contributed by atoms with Gasteiger partial charge in [0.15, 0.2) is 0 Å². The molecule has 2 aromatic rings. The summed E-state index contributed by atoms with van der Waals surface area (Å²) in [4.78, 5) is 11.7. The van der Waals surface area contributed by atoms with E-state index in [9.17, 15) is 4.79 Å². The molecule has 0 heterocycles. The summed E-state index contributed by atoms with van der Waals surface area (Å²) in [5, 5.41) is 3.62. The van der Waals surface area contributed by atoms with Gasteiger partial charge in [-0.3, -0.25) is 10.2 Å². The van der Waals surface area contributed by atoms with Crippen LogP contribution in [0.3, 0.4) is 0 Å². The van der Waals surface area contributed by atoms with Crippen molar-refractivity contribution in [2.24, 2.45) is 5.84 Å². The number of amides is 1. The fourth-order valence-corrected chi connectivity index (χ4v) is 2.17. The zero-order valence-corrected chi connectivity index (χ0v) is 13.0. The second-order valence-electron chi connectivity index (χ2n) is 4.70. The van der Waals surface area contributed by atoms with Gasteiger partial charge in [-0.05, 0) is 36.8 Å². The van der Waals surface area contributed by atoms with Gasteiger partial charge in [0, 0.05) is 17.3 Å². The summed E-state index contributed by atoms with van der Waals surface area (Å²) in [7, 11) is 0. The lowest BCUT2D eigenvalue weighted by Gasteiger charge is -2.13. The summed E-state index contributed by atoms with van der Waals surface area (Å²) in [5.41, 5.74) is 4.23. The van der Waals surface area contributed by atoms with Crippen LogP contribution in [-0.4, -0.2) is 19.1 Å². The predicted octanol–water partition coefficient (Wildman–Crippen LogP) is 2.74. The summed E-state index contributed by atoms with van der Waals surface area (Å²) >= 11 is 5.90. The second kappa shape index (κ2) is 7.68. The molecule has 0 aliphatic carbocycles. The lowest BCUT2D eigenvalue weighted by Crippen LogP contribution is -2.30. The minimum absolute atomic E-state index is 0.394. The molecule has 0 saturated heterocycles. The minimum atomic E-state index is -0.398. The van der Waals surface area contributed by atoms with Crippen LogP contribution >= 0.6 is 11.6 Å². The average molecular weight is 320 g/mol. The standard InChI is InChI=1S/C16H18ClN3O2/c1-11-4-2-3-5-15(11)22-9-8-19-14-7-6-12(17)10-13(14)16(21)20-18/h2-7,10,19H,8-9,18H2,1H3,(H,20,21). The van der Waals surface area contributed by atoms with Crippen LogP contribution in [0.15, 0.2) is 42.5 Å². The number of carbonyl (C=O) groups excluding carboxylic acids is 1. The van der Waals surface area contributed by atoms with E-state index in [0.29, 0.717) is 29.4 Å². The fraction of sp³-hybridized carbons (Fsp3) is 0.188. The van der Waals surface area contributed by atoms with E-state index in [1.165, 1.54) is 0 Å². The first-order valence-corrected chi connectivity index (χ1v) is 7.22. The number of para-hydroxylation sites is 1. The molecule has 6 heteroatoms. The van der Waals surface area contributed by atoms with E-state index in [1.807, 2.05) is 31.2 Å². The summed E-state index contributed by atoms with van der Waals surface area (Å²) < 4.78 is 5.70. The van der Waals surface area contributed by atoms with Gasteiger partial charge >= 0.3 is 0 Å². The van der Waals surface area contributed by atoms with E-state index < -0.39 is 5.91 Å². The van der Waals surface area contributed by atoms with Crippen LogP contribution in [0.25, 0.3) is 0 Å². The molecule has 0 aliphatic rings. The summed E-state index contributed by atoms with van der Waals surface area (Å²) in [6, 6.07) is 12.8. The van der Waals surface area contributed by atoms with E-state index in [2.05, 4.69) is 10.7 Å². The summed E-state index contributed by atoms with van der Waals surface area (Å²) in [5.74, 6) is 5.62. The first kappa shape index (κ1) is 16.1. The SMILES string of the molecule is Cc1ccccc1OCCNc1ccc(Cl)cc1C(=O)NN. The van der Waals surface area contributed by atoms with E-state index in [0.717, 1.165) is 11.3 Å². The van der Waals surface area contributed by atoms with Crippen LogP contribution in [0.5, 0.6) is 5.75 Å². The Bertz CT molecular complexity index is 662. The quantitative estimate of drug-likeness (QED) is 0.331. The molecule has 0 radical (unpaired) electrons. The third-order valence-electron chi connectivity index (χ3n) is 3.13. The monoisotopic (exact) mass is 319 g/mol. The maximum atomic E-state index is 11.7. The number of anilines is 1. The second-order valence-corrected chi connectivity index (χ2v) is 5.14. The molecule has 0 aromatic heterocycles. The highest BCUT2D eigenvalue weighted by atomic mass is 35.5. The molecule has 2 rings (SSSR count). The molecule has 5 nitrogen and oxygen atoms in total. The van der Waals surface area contributed by atoms with Crippen LogP contribution in [0.2, 0.25) is 5.02 Å². The van der Waals surface area contributed by atoms with Crippen molar-refractivity contribution in [1.82, 2.24) is 5.43 Å². The van der Waals surface area contributed by atoms with E-state index in [-0.39, 0.29) is 0 Å². The number of carbonyl (C=O) groups is 1. The number of halogens is 1. The molecule has 0 spiro atoms. The Morgan fingerprint density at radius 2 is 2.05 bits per heavy atom. The van der Waals surface area contributed by atoms with Crippen molar-refractivity contribution in [1.29, 1.82) is 0 Å². The number of nitrogens with two attached hydrogens (primary N) is 1. The van der Waals surface area contributed by atoms with E-state index in [1.54, 1.807) is 18.2 Å². The first-order valence-electron chi connectivity index (χ1n) is 6.84. The lowest BCUT2D eigenvalue weighted by molar-refractivity contribution is 0.0954. The Labute approximate surface area is 134 Å². The van der Waals surface area contributed by atoms with Gasteiger partial charge in [-0.15, -0.1) is 0 Å². The molecule has 22 heavy (non-hydrogen) atoms. The van der Waals surface area contributed by atoms with Gasteiger partial charge in [0.2, 0.25) is 0 Å². The van der Waals surface area contributed by atoms with Crippen molar-refractivity contribution < 1.29 is 9.53 Å². The highest BCUT2D eigenvalue weighted by Crippen LogP contribution is 2.21. The zero-order chi connectivity index (χ0) is 15.9. The molecular weight excluding hydrogens is 302 g/mol. The van der Waals surface area contributed by atoms with Gasteiger partial charge in [-0.2, -0.15) is 0 Å². The van der Waals surface area contributed by atoms with Crippen molar-refractivity contribution in [3.8, 4) is 5.75 Å². The molecule has 116 valence electrons. The molecule has 0 atom stereocenters. The average Bonchev–Trinajstić information content (AvgIpc) is 2.53. The van der Waals surface area contributed by atoms with Crippen molar-refractivity contribution in [2.75, 3.05) is 18.5 Å². The smallest absolute Gasteiger partial charge is 0.267 e. The van der Waals surface area contributed by atoms with Gasteiger partial charge in [0.05, 0.1) is 5.56 Å². The number of nitrogen functional groups attached to an aromatic ring is 1. The molecule has 0 aliphatic heterocycles. The maximum absolute atomic E-state index is 11.7. The normalized spacial score (nSPS) is 10.1. The van der Waals surface area contributed by atoms with Crippen LogP contribution in [0.4, 0.5) is 5.69 Å². The molecule has 4 N–H and O–H groups in total. The van der Waals surface area contributed by atoms with Gasteiger partial charge in [0.25, 0.3) is 5.91 Å². The number of aryl methyl sites for hydroxylation is 1. The molecular formula is C16H18ClN3O2. The number of benzene rings is 2. The third kappa shape index (κ3) is 4.13. The minimum Gasteiger partial charge on any atom is -0.491 e. The summed E-state index contributed by atoms with van der Waals surface area (Å²) in [6.07, 6.45) is 0. The van der Waals surface area contributed by atoms with Gasteiger partial charge < -0.3 is 10.1 Å². The number of ether oxygens (including phenoxy) is 1. The molecule has 0 unspecified atom stereocenters. The Morgan fingerprint density at radius 3 is 2.77 bits per heavy atom. The Kier molecular flexibility index (Phi) is 5.63. The Morgan fingerprint density at radius 1 is 1.27 bits per heavy atom. The molecule has 1 amide bonds. The molecule has 0 bridgehead atoms. The predicted molar refractivity (Wildman–Crippen MR) is 88.3 cm³/mol. The lowest BCUT2D eigenvalue weighted by atomic mass is 10.1.